The average Bonchev–Trinajstić information content (AvgIpc) is 2.43. The number of nitrogens with one attached hydrogen (secondary N) is 1. The lowest BCUT2D eigenvalue weighted by Gasteiger charge is -2.09. The van der Waals surface area contributed by atoms with Gasteiger partial charge in [0, 0.05) is 10.6 Å². The van der Waals surface area contributed by atoms with E-state index in [1.807, 2.05) is 0 Å². The van der Waals surface area contributed by atoms with Gasteiger partial charge in [0.25, 0.3) is 5.91 Å². The Kier molecular flexibility index (Phi) is 4.77. The van der Waals surface area contributed by atoms with E-state index in [2.05, 4.69) is 17.9 Å². The summed E-state index contributed by atoms with van der Waals surface area (Å²) < 4.78 is 0. The number of benzene rings is 2. The first-order chi connectivity index (χ1) is 9.88. The first kappa shape index (κ1) is 15.7. The molecular weight excluding hydrogens is 333 g/mol. The van der Waals surface area contributed by atoms with Crippen molar-refractivity contribution in [2.24, 2.45) is 0 Å². The molecule has 2 aromatic rings. The number of anilines is 1. The van der Waals surface area contributed by atoms with Crippen LogP contribution in [0.4, 0.5) is 5.69 Å². The van der Waals surface area contributed by atoms with Gasteiger partial charge < -0.3 is 10.4 Å². The Morgan fingerprint density at radius 2 is 1.52 bits per heavy atom. The number of amides is 1. The van der Waals surface area contributed by atoms with E-state index in [1.165, 1.54) is 6.07 Å². The number of halogens is 2. The molecule has 0 aliphatic carbocycles. The quantitative estimate of drug-likeness (QED) is 0.731. The molecule has 1 amide bonds. The maximum atomic E-state index is 12.2. The Hall–Kier alpha value is -1.69. The molecule has 0 spiro atoms. The monoisotopic (exact) mass is 341 g/mol. The third kappa shape index (κ3) is 3.69. The zero-order chi connectivity index (χ0) is 15.6. The molecule has 0 radical (unpaired) electrons. The molecule has 0 fully saturated rings. The summed E-state index contributed by atoms with van der Waals surface area (Å²) >= 11 is 15.8. The Bertz CT molecular complexity index is 717. The molecule has 0 saturated carbocycles. The molecule has 0 heterocycles. The summed E-state index contributed by atoms with van der Waals surface area (Å²) in [4.78, 5) is 24.1. The number of hydrogen-bond donors (Lipinski definition) is 3. The Morgan fingerprint density at radius 3 is 2.05 bits per heavy atom. The van der Waals surface area contributed by atoms with Crippen molar-refractivity contribution < 1.29 is 14.7 Å². The van der Waals surface area contributed by atoms with Gasteiger partial charge in [0.1, 0.15) is 0 Å². The predicted octanol–water partition coefficient (Wildman–Crippen LogP) is 4.23. The van der Waals surface area contributed by atoms with E-state index in [1.54, 1.807) is 24.3 Å². The molecule has 0 atom stereocenters. The molecule has 0 bridgehead atoms. The molecule has 2 rings (SSSR count). The zero-order valence-electron chi connectivity index (χ0n) is 10.4. The minimum Gasteiger partial charge on any atom is -0.478 e. The van der Waals surface area contributed by atoms with Gasteiger partial charge in [0.2, 0.25) is 0 Å². The van der Waals surface area contributed by atoms with E-state index in [4.69, 9.17) is 28.3 Å². The summed E-state index contributed by atoms with van der Waals surface area (Å²) in [5.41, 5.74) is 0.236. The Labute approximate surface area is 136 Å². The molecule has 0 aliphatic rings. The summed E-state index contributed by atoms with van der Waals surface area (Å²) in [6.07, 6.45) is 0. The van der Waals surface area contributed by atoms with Gasteiger partial charge >= 0.3 is 5.97 Å². The van der Waals surface area contributed by atoms with E-state index in [-0.39, 0.29) is 21.2 Å². The standard InChI is InChI=1S/C14H9Cl2NO3S/c15-11-5-9(10(14(19)20)6-12(11)16)13(18)17-7-1-3-8(21)4-2-7/h1-6,21H,(H,17,18)(H,19,20). The van der Waals surface area contributed by atoms with Crippen molar-refractivity contribution in [3.63, 3.8) is 0 Å². The van der Waals surface area contributed by atoms with Gasteiger partial charge in [-0.1, -0.05) is 23.2 Å². The number of aromatic carboxylic acids is 1. The lowest BCUT2D eigenvalue weighted by Crippen LogP contribution is -2.16. The van der Waals surface area contributed by atoms with Crippen LogP contribution in [-0.4, -0.2) is 17.0 Å². The summed E-state index contributed by atoms with van der Waals surface area (Å²) in [6.45, 7) is 0. The fourth-order valence-electron chi connectivity index (χ4n) is 1.65. The second-order valence-corrected chi connectivity index (χ2v) is 5.45. The van der Waals surface area contributed by atoms with Crippen molar-refractivity contribution in [3.8, 4) is 0 Å². The van der Waals surface area contributed by atoms with E-state index in [9.17, 15) is 9.59 Å². The highest BCUT2D eigenvalue weighted by Gasteiger charge is 2.19. The summed E-state index contributed by atoms with van der Waals surface area (Å²) in [5.74, 6) is -1.85. The SMILES string of the molecule is O=C(O)c1cc(Cl)c(Cl)cc1C(=O)Nc1ccc(S)cc1. The van der Waals surface area contributed by atoms with Crippen LogP contribution in [0.1, 0.15) is 20.7 Å². The number of rotatable bonds is 3. The van der Waals surface area contributed by atoms with Crippen LogP contribution in [0.3, 0.4) is 0 Å². The van der Waals surface area contributed by atoms with Crippen LogP contribution in [0.2, 0.25) is 10.0 Å². The number of thiol groups is 1. The van der Waals surface area contributed by atoms with Crippen molar-refractivity contribution in [2.45, 2.75) is 4.90 Å². The van der Waals surface area contributed by atoms with E-state index in [0.717, 1.165) is 11.0 Å². The van der Waals surface area contributed by atoms with Crippen molar-refractivity contribution in [2.75, 3.05) is 5.32 Å². The lowest BCUT2D eigenvalue weighted by atomic mass is 10.1. The molecule has 2 N–H and O–H groups in total. The second kappa shape index (κ2) is 6.39. The maximum Gasteiger partial charge on any atom is 0.336 e. The first-order valence-electron chi connectivity index (χ1n) is 5.71. The molecule has 7 heteroatoms. The van der Waals surface area contributed by atoms with Gasteiger partial charge in [0.15, 0.2) is 0 Å². The highest BCUT2D eigenvalue weighted by atomic mass is 35.5. The van der Waals surface area contributed by atoms with E-state index in [0.29, 0.717) is 5.69 Å². The topological polar surface area (TPSA) is 66.4 Å². The molecule has 0 aliphatic heterocycles. The van der Waals surface area contributed by atoms with Crippen LogP contribution < -0.4 is 5.32 Å². The average molecular weight is 342 g/mol. The molecule has 0 aromatic heterocycles. The number of carboxylic acids is 1. The van der Waals surface area contributed by atoms with Crippen LogP contribution in [-0.2, 0) is 0 Å². The smallest absolute Gasteiger partial charge is 0.336 e. The fourth-order valence-corrected chi connectivity index (χ4v) is 2.13. The third-order valence-electron chi connectivity index (χ3n) is 2.66. The van der Waals surface area contributed by atoms with Crippen LogP contribution >= 0.6 is 35.8 Å². The Balaban J connectivity index is 2.36. The second-order valence-electron chi connectivity index (χ2n) is 4.12. The summed E-state index contributed by atoms with van der Waals surface area (Å²) in [6, 6.07) is 9.08. The zero-order valence-corrected chi connectivity index (χ0v) is 12.8. The van der Waals surface area contributed by atoms with Crippen LogP contribution in [0.25, 0.3) is 0 Å². The lowest BCUT2D eigenvalue weighted by molar-refractivity contribution is 0.0692. The molecule has 0 saturated heterocycles. The fraction of sp³-hybridized carbons (Fsp3) is 0. The van der Waals surface area contributed by atoms with Crippen LogP contribution in [0, 0.1) is 0 Å². The minimum atomic E-state index is -1.26. The highest BCUT2D eigenvalue weighted by molar-refractivity contribution is 7.80. The largest absolute Gasteiger partial charge is 0.478 e. The number of carbonyl (C=O) groups is 2. The van der Waals surface area contributed by atoms with Crippen molar-refractivity contribution >= 4 is 53.4 Å². The first-order valence-corrected chi connectivity index (χ1v) is 6.91. The predicted molar refractivity (Wildman–Crippen MR) is 85.1 cm³/mol. The van der Waals surface area contributed by atoms with Gasteiger partial charge in [-0.15, -0.1) is 12.6 Å². The van der Waals surface area contributed by atoms with Crippen molar-refractivity contribution in [1.29, 1.82) is 0 Å². The van der Waals surface area contributed by atoms with Gasteiger partial charge in [-0.2, -0.15) is 0 Å². The van der Waals surface area contributed by atoms with Crippen LogP contribution in [0.5, 0.6) is 0 Å². The van der Waals surface area contributed by atoms with E-state index < -0.39 is 11.9 Å². The summed E-state index contributed by atoms with van der Waals surface area (Å²) in [7, 11) is 0. The molecule has 108 valence electrons. The van der Waals surface area contributed by atoms with Crippen LogP contribution in [0.15, 0.2) is 41.3 Å². The van der Waals surface area contributed by atoms with Gasteiger partial charge in [-0.05, 0) is 36.4 Å². The van der Waals surface area contributed by atoms with Gasteiger partial charge in [-0.25, -0.2) is 4.79 Å². The third-order valence-corrected chi connectivity index (χ3v) is 3.68. The van der Waals surface area contributed by atoms with Gasteiger partial charge in [-0.3, -0.25) is 4.79 Å². The molecule has 0 unspecified atom stereocenters. The number of carboxylic acid groups (broad SMARTS) is 1. The van der Waals surface area contributed by atoms with Crippen molar-refractivity contribution in [3.05, 3.63) is 57.6 Å². The summed E-state index contributed by atoms with van der Waals surface area (Å²) in [5, 5.41) is 11.9. The van der Waals surface area contributed by atoms with Gasteiger partial charge in [0.05, 0.1) is 21.2 Å². The maximum absolute atomic E-state index is 12.2. The molecular formula is C14H9Cl2NO3S. The number of carbonyl (C=O) groups excluding carboxylic acids is 1. The van der Waals surface area contributed by atoms with Crippen molar-refractivity contribution in [1.82, 2.24) is 0 Å². The highest BCUT2D eigenvalue weighted by Crippen LogP contribution is 2.27. The number of hydrogen-bond acceptors (Lipinski definition) is 3. The molecule has 4 nitrogen and oxygen atoms in total. The molecule has 2 aromatic carbocycles. The molecule has 21 heavy (non-hydrogen) atoms. The minimum absolute atomic E-state index is 0.0631. The normalized spacial score (nSPS) is 10.2. The van der Waals surface area contributed by atoms with E-state index >= 15 is 0 Å². The Morgan fingerprint density at radius 1 is 1.00 bits per heavy atom.